The second-order valence-corrected chi connectivity index (χ2v) is 5.11. The molecule has 0 fully saturated rings. The molecule has 16 heavy (non-hydrogen) atoms. The van der Waals surface area contributed by atoms with Crippen LogP contribution in [0.4, 0.5) is 13.2 Å². The first-order chi connectivity index (χ1) is 6.93. The highest BCUT2D eigenvalue weighted by Crippen LogP contribution is 2.18. The lowest BCUT2D eigenvalue weighted by Crippen LogP contribution is -2.42. The fourth-order valence-corrected chi connectivity index (χ4v) is 0.671. The van der Waals surface area contributed by atoms with E-state index in [-0.39, 0.29) is 0 Å². The van der Waals surface area contributed by atoms with Crippen molar-refractivity contribution in [1.82, 2.24) is 0 Å². The van der Waals surface area contributed by atoms with Gasteiger partial charge in [0.25, 0.3) is 0 Å². The highest BCUT2D eigenvalue weighted by atomic mass is 32.2. The summed E-state index contributed by atoms with van der Waals surface area (Å²) >= 11 is 0. The van der Waals surface area contributed by atoms with Crippen LogP contribution < -0.4 is 5.14 Å². The Kier molecular flexibility index (Phi) is 7.22. The van der Waals surface area contributed by atoms with Crippen LogP contribution in [0.2, 0.25) is 0 Å². The van der Waals surface area contributed by atoms with E-state index >= 15 is 0 Å². The van der Waals surface area contributed by atoms with Crippen molar-refractivity contribution in [2.45, 2.75) is 26.3 Å². The van der Waals surface area contributed by atoms with Crippen molar-refractivity contribution < 1.29 is 26.1 Å². The van der Waals surface area contributed by atoms with Gasteiger partial charge in [-0.2, -0.15) is 13.2 Å². The molecule has 0 amide bonds. The molecule has 2 N–H and O–H groups in total. The number of alkyl halides is 3. The number of hydrogen-bond acceptors (Lipinski definition) is 2. The van der Waals surface area contributed by atoms with Crippen LogP contribution in [-0.2, 0) is 10.0 Å². The van der Waals surface area contributed by atoms with Gasteiger partial charge >= 0.3 is 15.5 Å². The number of sulfonamides is 1. The molecule has 0 saturated heterocycles. The van der Waals surface area contributed by atoms with Crippen molar-refractivity contribution in [2.24, 2.45) is 5.14 Å². The summed E-state index contributed by atoms with van der Waals surface area (Å²) in [6.07, 6.45) is 0. The van der Waals surface area contributed by atoms with Crippen LogP contribution in [0.1, 0.15) is 20.8 Å². The van der Waals surface area contributed by atoms with Crippen LogP contribution in [0.25, 0.3) is 0 Å². The third-order valence-corrected chi connectivity index (χ3v) is 3.26. The van der Waals surface area contributed by atoms with E-state index in [2.05, 4.69) is 33.0 Å². The fourth-order valence-electron chi connectivity index (χ4n) is 0.671. The first-order valence-corrected chi connectivity index (χ1v) is 6.40. The molecule has 0 radical (unpaired) electrons. The monoisotopic (exact) mass is 265 g/mol. The van der Waals surface area contributed by atoms with Crippen molar-refractivity contribution in [1.29, 1.82) is 0 Å². The summed E-state index contributed by atoms with van der Waals surface area (Å²) in [5, 5.41) is 3.66. The van der Waals surface area contributed by atoms with Crippen LogP contribution in [-0.4, -0.2) is 45.1 Å². The van der Waals surface area contributed by atoms with Gasteiger partial charge in [0.15, 0.2) is 0 Å². The molecule has 4 nitrogen and oxygen atoms in total. The molecule has 0 aromatic rings. The van der Waals surface area contributed by atoms with Gasteiger partial charge in [-0.15, -0.1) is 0 Å². The number of halogens is 3. The van der Waals surface area contributed by atoms with Crippen LogP contribution in [0.15, 0.2) is 0 Å². The summed E-state index contributed by atoms with van der Waals surface area (Å²) in [5.41, 5.74) is -5.31. The largest absolute Gasteiger partial charge is 0.511 e. The van der Waals surface area contributed by atoms with E-state index in [0.717, 1.165) is 0 Å². The molecule has 0 aliphatic rings. The lowest BCUT2D eigenvalue weighted by atomic mass is 10.4. The number of nitrogens with two attached hydrogens (primary N) is 1. The molecule has 0 rings (SSSR count). The zero-order valence-electron chi connectivity index (χ0n) is 10.0. The van der Waals surface area contributed by atoms with E-state index < -0.39 is 15.5 Å². The van der Waals surface area contributed by atoms with Gasteiger partial charge in [-0.05, 0) is 20.8 Å². The highest BCUT2D eigenvalue weighted by Gasteiger charge is 2.42. The SMILES string of the molecule is CC[N+](C)(CC)CC.NS(=O)(=O)C(F)(F)F. The van der Waals surface area contributed by atoms with Crippen molar-refractivity contribution in [3.63, 3.8) is 0 Å². The molecule has 8 heteroatoms. The minimum atomic E-state index is -5.34. The van der Waals surface area contributed by atoms with Gasteiger partial charge in [0.2, 0.25) is 0 Å². The van der Waals surface area contributed by atoms with Crippen LogP contribution >= 0.6 is 0 Å². The molecule has 0 bridgehead atoms. The van der Waals surface area contributed by atoms with Crippen LogP contribution in [0.3, 0.4) is 0 Å². The Morgan fingerprint density at radius 3 is 1.25 bits per heavy atom. The zero-order valence-corrected chi connectivity index (χ0v) is 10.8. The van der Waals surface area contributed by atoms with E-state index in [1.165, 1.54) is 24.1 Å². The van der Waals surface area contributed by atoms with Gasteiger partial charge in [-0.3, -0.25) is 0 Å². The number of quaternary nitrogens is 1. The van der Waals surface area contributed by atoms with Crippen molar-refractivity contribution in [2.75, 3.05) is 26.7 Å². The normalized spacial score (nSPS) is 13.0. The first-order valence-electron chi connectivity index (χ1n) is 4.86. The average Bonchev–Trinajstić information content (AvgIpc) is 2.14. The predicted molar refractivity (Wildman–Crippen MR) is 57.0 cm³/mol. The maximum Gasteiger partial charge on any atom is 0.511 e. The summed E-state index contributed by atoms with van der Waals surface area (Å²) in [6, 6.07) is 0. The first kappa shape index (κ1) is 18.0. The van der Waals surface area contributed by atoms with E-state index in [4.69, 9.17) is 0 Å². The molecular weight excluding hydrogens is 245 g/mol. The van der Waals surface area contributed by atoms with E-state index in [1.54, 1.807) is 0 Å². The van der Waals surface area contributed by atoms with Gasteiger partial charge < -0.3 is 4.48 Å². The Labute approximate surface area is 94.9 Å². The van der Waals surface area contributed by atoms with Crippen LogP contribution in [0, 0.1) is 0 Å². The summed E-state index contributed by atoms with van der Waals surface area (Å²) < 4.78 is 52.4. The Morgan fingerprint density at radius 1 is 1.06 bits per heavy atom. The molecule has 0 aliphatic carbocycles. The van der Waals surface area contributed by atoms with Crippen LogP contribution in [0.5, 0.6) is 0 Å². The highest BCUT2D eigenvalue weighted by molar-refractivity contribution is 7.90. The average molecular weight is 265 g/mol. The van der Waals surface area contributed by atoms with E-state index in [0.29, 0.717) is 0 Å². The topological polar surface area (TPSA) is 60.2 Å². The summed E-state index contributed by atoms with van der Waals surface area (Å²) in [5.74, 6) is 0. The Bertz CT molecular complexity index is 276. The zero-order chi connectivity index (χ0) is 13.6. The Morgan fingerprint density at radius 2 is 1.25 bits per heavy atom. The predicted octanol–water partition coefficient (Wildman–Crippen LogP) is 1.29. The van der Waals surface area contributed by atoms with Gasteiger partial charge in [-0.25, -0.2) is 13.6 Å². The molecule has 0 aromatic carbocycles. The van der Waals surface area contributed by atoms with Gasteiger partial charge in [0, 0.05) is 0 Å². The molecule has 100 valence electrons. The number of hydrogen-bond donors (Lipinski definition) is 1. The molecule has 0 spiro atoms. The lowest BCUT2D eigenvalue weighted by molar-refractivity contribution is -0.904. The second kappa shape index (κ2) is 6.41. The lowest BCUT2D eigenvalue weighted by Gasteiger charge is -2.30. The van der Waals surface area contributed by atoms with Gasteiger partial charge in [-0.1, -0.05) is 0 Å². The molecule has 0 saturated carbocycles. The number of primary sulfonamides is 1. The number of nitrogens with zero attached hydrogens (tertiary/aromatic N) is 1. The van der Waals surface area contributed by atoms with E-state index in [1.807, 2.05) is 0 Å². The summed E-state index contributed by atoms with van der Waals surface area (Å²) in [6.45, 7) is 10.5. The minimum Gasteiger partial charge on any atom is -0.327 e. The van der Waals surface area contributed by atoms with Crippen molar-refractivity contribution in [3.05, 3.63) is 0 Å². The minimum absolute atomic E-state index is 1.21. The third kappa shape index (κ3) is 7.02. The fraction of sp³-hybridized carbons (Fsp3) is 1.00. The van der Waals surface area contributed by atoms with Gasteiger partial charge in [0.05, 0.1) is 26.7 Å². The maximum absolute atomic E-state index is 10.8. The second-order valence-electron chi connectivity index (χ2n) is 3.56. The summed E-state index contributed by atoms with van der Waals surface area (Å²) in [4.78, 5) is 0. The number of rotatable bonds is 3. The molecule has 0 unspecified atom stereocenters. The maximum atomic E-state index is 10.8. The quantitative estimate of drug-likeness (QED) is 0.782. The molecular formula is C8H20F3N2O2S+. The van der Waals surface area contributed by atoms with Gasteiger partial charge in [0.1, 0.15) is 0 Å². The van der Waals surface area contributed by atoms with Crippen molar-refractivity contribution >= 4 is 10.0 Å². The van der Waals surface area contributed by atoms with Crippen molar-refractivity contribution in [3.8, 4) is 0 Å². The molecule has 0 aromatic heterocycles. The molecule has 0 aliphatic heterocycles. The molecule has 0 atom stereocenters. The van der Waals surface area contributed by atoms with E-state index in [9.17, 15) is 21.6 Å². The smallest absolute Gasteiger partial charge is 0.327 e. The Balaban J connectivity index is 0. The standard InChI is InChI=1S/C7H18N.CH2F3NO2S/c1-5-8(4,6-2)7-3;2-1(3,4)8(5,6)7/h5-7H2,1-4H3;(H2,5,6,7)/q+1;. The summed E-state index contributed by atoms with van der Waals surface area (Å²) in [7, 11) is -3.05. The molecule has 0 heterocycles. The third-order valence-electron chi connectivity index (χ3n) is 2.61. The Hall–Kier alpha value is -0.340.